The minimum absolute atomic E-state index is 0.0918. The lowest BCUT2D eigenvalue weighted by Crippen LogP contribution is -2.28. The number of hydrogen-bond acceptors (Lipinski definition) is 6. The first-order valence-corrected chi connectivity index (χ1v) is 9.29. The van der Waals surface area contributed by atoms with Crippen molar-refractivity contribution in [1.29, 1.82) is 0 Å². The third kappa shape index (κ3) is 4.48. The molecule has 2 heterocycles. The Kier molecular flexibility index (Phi) is 5.32. The Morgan fingerprint density at radius 1 is 1.23 bits per heavy atom. The van der Waals surface area contributed by atoms with Gasteiger partial charge in [0.25, 0.3) is 5.82 Å². The molecule has 11 heteroatoms. The standard InChI is InChI=1S/C20H14ClF3N4O3/c21-13-6-4-11(5-7-13)16-9-15(12-2-1-3-14(8-12)31-10-17(29)30)25-19-26-18(20(22,23)24)27-28(16)19/h1-9,16H,10H2,(H,29,30)(H,25,26,27)/p-1/t16-/m1/s1. The molecule has 160 valence electrons. The Labute approximate surface area is 178 Å². The number of rotatable bonds is 5. The molecule has 2 aromatic carbocycles. The zero-order valence-electron chi connectivity index (χ0n) is 15.6. The second-order valence-electron chi connectivity index (χ2n) is 6.59. The van der Waals surface area contributed by atoms with Crippen LogP contribution in [0.4, 0.5) is 19.1 Å². The van der Waals surface area contributed by atoms with Crippen LogP contribution in [0.5, 0.6) is 5.75 Å². The van der Waals surface area contributed by atoms with E-state index in [0.29, 0.717) is 21.8 Å². The molecule has 1 aliphatic rings. The summed E-state index contributed by atoms with van der Waals surface area (Å²) in [5, 5.41) is 17.6. The minimum atomic E-state index is -4.71. The summed E-state index contributed by atoms with van der Waals surface area (Å²) in [6.45, 7) is -0.632. The number of halogens is 4. The van der Waals surface area contributed by atoms with E-state index in [1.807, 2.05) is 0 Å². The van der Waals surface area contributed by atoms with Crippen molar-refractivity contribution in [3.63, 3.8) is 0 Å². The van der Waals surface area contributed by atoms with Crippen LogP contribution in [0.2, 0.25) is 5.02 Å². The Morgan fingerprint density at radius 3 is 2.65 bits per heavy atom. The number of carboxylic acids is 1. The molecule has 4 rings (SSSR count). The van der Waals surface area contributed by atoms with Crippen LogP contribution in [0, 0.1) is 0 Å². The molecule has 0 unspecified atom stereocenters. The molecule has 1 atom stereocenters. The van der Waals surface area contributed by atoms with Crippen molar-refractivity contribution in [1.82, 2.24) is 14.8 Å². The van der Waals surface area contributed by atoms with Crippen molar-refractivity contribution in [2.24, 2.45) is 0 Å². The van der Waals surface area contributed by atoms with Gasteiger partial charge in [-0.25, -0.2) is 4.68 Å². The molecule has 1 N–H and O–H groups in total. The maximum absolute atomic E-state index is 13.2. The molecule has 1 aliphatic heterocycles. The van der Waals surface area contributed by atoms with Crippen LogP contribution in [0.1, 0.15) is 23.0 Å². The van der Waals surface area contributed by atoms with Gasteiger partial charge in [-0.15, -0.1) is 5.10 Å². The van der Waals surface area contributed by atoms with E-state index in [-0.39, 0.29) is 11.7 Å². The third-order valence-corrected chi connectivity index (χ3v) is 4.68. The van der Waals surface area contributed by atoms with Crippen molar-refractivity contribution >= 4 is 29.2 Å². The lowest BCUT2D eigenvalue weighted by Gasteiger charge is -2.24. The Balaban J connectivity index is 1.76. The maximum atomic E-state index is 13.2. The molecule has 1 aromatic heterocycles. The number of fused-ring (bicyclic) bond motifs is 1. The minimum Gasteiger partial charge on any atom is -0.546 e. The molecule has 0 spiro atoms. The van der Waals surface area contributed by atoms with E-state index >= 15 is 0 Å². The summed E-state index contributed by atoms with van der Waals surface area (Å²) in [5.74, 6) is -2.48. The fraction of sp³-hybridized carbons (Fsp3) is 0.150. The number of carbonyl (C=O) groups is 1. The Bertz CT molecular complexity index is 1160. The van der Waals surface area contributed by atoms with Crippen molar-refractivity contribution in [2.75, 3.05) is 11.9 Å². The second kappa shape index (κ2) is 7.95. The number of carboxylic acid groups (broad SMARTS) is 1. The molecule has 0 radical (unpaired) electrons. The molecule has 0 amide bonds. The predicted molar refractivity (Wildman–Crippen MR) is 103 cm³/mol. The van der Waals surface area contributed by atoms with Crippen LogP contribution in [-0.4, -0.2) is 27.3 Å². The van der Waals surface area contributed by atoms with Crippen LogP contribution in [0.25, 0.3) is 5.70 Å². The van der Waals surface area contributed by atoms with Gasteiger partial charge in [0.15, 0.2) is 0 Å². The zero-order valence-corrected chi connectivity index (χ0v) is 16.3. The fourth-order valence-corrected chi connectivity index (χ4v) is 3.20. The average Bonchev–Trinajstić information content (AvgIpc) is 3.17. The first kappa shape index (κ1) is 20.7. The fourth-order valence-electron chi connectivity index (χ4n) is 3.07. The van der Waals surface area contributed by atoms with E-state index in [0.717, 1.165) is 4.68 Å². The Hall–Kier alpha value is -3.53. The summed E-state index contributed by atoms with van der Waals surface area (Å²) in [6.07, 6.45) is -3.03. The summed E-state index contributed by atoms with van der Waals surface area (Å²) >= 11 is 5.94. The second-order valence-corrected chi connectivity index (χ2v) is 7.03. The van der Waals surface area contributed by atoms with Crippen molar-refractivity contribution in [3.05, 3.63) is 76.6 Å². The predicted octanol–water partition coefficient (Wildman–Crippen LogP) is 3.14. The molecule has 31 heavy (non-hydrogen) atoms. The van der Waals surface area contributed by atoms with E-state index in [1.54, 1.807) is 54.6 Å². The first-order valence-electron chi connectivity index (χ1n) is 8.92. The number of nitrogens with one attached hydrogen (secondary N) is 1. The zero-order chi connectivity index (χ0) is 22.2. The lowest BCUT2D eigenvalue weighted by molar-refractivity contribution is -0.307. The number of alkyl halides is 3. The van der Waals surface area contributed by atoms with Gasteiger partial charge in [-0.2, -0.15) is 18.2 Å². The van der Waals surface area contributed by atoms with E-state index in [1.165, 1.54) is 0 Å². The van der Waals surface area contributed by atoms with Crippen LogP contribution < -0.4 is 15.2 Å². The summed E-state index contributed by atoms with van der Waals surface area (Å²) in [5.41, 5.74) is 1.65. The van der Waals surface area contributed by atoms with E-state index in [2.05, 4.69) is 15.4 Å². The highest BCUT2D eigenvalue weighted by molar-refractivity contribution is 6.30. The summed E-state index contributed by atoms with van der Waals surface area (Å²) in [7, 11) is 0. The van der Waals surface area contributed by atoms with E-state index < -0.39 is 30.6 Å². The van der Waals surface area contributed by atoms with Crippen molar-refractivity contribution in [2.45, 2.75) is 12.2 Å². The SMILES string of the molecule is O=C([O-])COc1cccc(C2=C[C@H](c3ccc(Cl)cc3)n3nc(C(F)(F)F)nc3N2)c1. The number of allylic oxidation sites excluding steroid dienone is 1. The molecule has 0 bridgehead atoms. The number of nitrogens with zero attached hydrogens (tertiary/aromatic N) is 3. The number of carbonyl (C=O) groups excluding carboxylic acids is 1. The van der Waals surface area contributed by atoms with Gasteiger partial charge in [-0.3, -0.25) is 0 Å². The quantitative estimate of drug-likeness (QED) is 0.643. The highest BCUT2D eigenvalue weighted by Gasteiger charge is 2.39. The number of anilines is 1. The topological polar surface area (TPSA) is 92.1 Å². The molecular formula is C20H13ClF3N4O3-. The van der Waals surface area contributed by atoms with Gasteiger partial charge in [0.2, 0.25) is 5.95 Å². The maximum Gasteiger partial charge on any atom is 0.453 e. The number of ether oxygens (including phenoxy) is 1. The number of aliphatic carboxylic acids is 1. The van der Waals surface area contributed by atoms with Gasteiger partial charge in [-0.1, -0.05) is 35.9 Å². The van der Waals surface area contributed by atoms with Gasteiger partial charge in [0.1, 0.15) is 18.4 Å². The highest BCUT2D eigenvalue weighted by atomic mass is 35.5. The first-order chi connectivity index (χ1) is 14.7. The smallest absolute Gasteiger partial charge is 0.453 e. The summed E-state index contributed by atoms with van der Waals surface area (Å²) < 4.78 is 45.9. The third-order valence-electron chi connectivity index (χ3n) is 4.43. The average molecular weight is 450 g/mol. The molecule has 0 aliphatic carbocycles. The number of aromatic nitrogens is 3. The highest BCUT2D eigenvalue weighted by Crippen LogP contribution is 2.36. The lowest BCUT2D eigenvalue weighted by atomic mass is 10.0. The van der Waals surface area contributed by atoms with Crippen molar-refractivity contribution < 1.29 is 27.8 Å². The molecule has 0 saturated heterocycles. The Morgan fingerprint density at radius 2 is 1.97 bits per heavy atom. The van der Waals surface area contributed by atoms with Gasteiger partial charge in [-0.05, 0) is 35.9 Å². The summed E-state index contributed by atoms with van der Waals surface area (Å²) in [4.78, 5) is 14.2. The van der Waals surface area contributed by atoms with Gasteiger partial charge in [0.05, 0.1) is 5.97 Å². The van der Waals surface area contributed by atoms with Crippen LogP contribution >= 0.6 is 11.6 Å². The van der Waals surface area contributed by atoms with Crippen molar-refractivity contribution in [3.8, 4) is 5.75 Å². The summed E-state index contributed by atoms with van der Waals surface area (Å²) in [6, 6.07) is 12.4. The van der Waals surface area contributed by atoms with Gasteiger partial charge in [0, 0.05) is 16.3 Å². The van der Waals surface area contributed by atoms with Crippen LogP contribution in [0.3, 0.4) is 0 Å². The molecule has 0 fully saturated rings. The number of benzene rings is 2. The molecular weight excluding hydrogens is 437 g/mol. The molecule has 3 aromatic rings. The molecule has 0 saturated carbocycles. The van der Waals surface area contributed by atoms with Crippen LogP contribution in [0.15, 0.2) is 54.6 Å². The molecule has 7 nitrogen and oxygen atoms in total. The monoisotopic (exact) mass is 449 g/mol. The van der Waals surface area contributed by atoms with E-state index in [4.69, 9.17) is 16.3 Å². The van der Waals surface area contributed by atoms with Gasteiger partial charge >= 0.3 is 6.18 Å². The number of hydrogen-bond donors (Lipinski definition) is 1. The normalized spacial score (nSPS) is 15.6. The van der Waals surface area contributed by atoms with E-state index in [9.17, 15) is 23.1 Å². The van der Waals surface area contributed by atoms with Gasteiger partial charge < -0.3 is 20.0 Å². The largest absolute Gasteiger partial charge is 0.546 e. The van der Waals surface area contributed by atoms with Crippen LogP contribution in [-0.2, 0) is 11.0 Å².